The summed E-state index contributed by atoms with van der Waals surface area (Å²) in [5.41, 5.74) is 7.70. The number of benzene rings is 9. The number of furan rings is 1. The number of rotatable bonds is 4. The molecule has 0 amide bonds. The first-order valence-electron chi connectivity index (χ1n) is 18.9. The minimum Gasteiger partial charge on any atom is -0.455 e. The van der Waals surface area contributed by atoms with Crippen LogP contribution in [0.2, 0.25) is 0 Å². The maximum Gasteiger partial charge on any atom is 0.238 e. The van der Waals surface area contributed by atoms with Crippen LogP contribution in [0.4, 0.5) is 0 Å². The molecule has 0 unspecified atom stereocenters. The summed E-state index contributed by atoms with van der Waals surface area (Å²) in [6, 6.07) is 63.7. The predicted octanol–water partition coefficient (Wildman–Crippen LogP) is 13.3. The molecule has 3 aromatic heterocycles. The van der Waals surface area contributed by atoms with Crippen LogP contribution >= 0.6 is 0 Å². The highest BCUT2D eigenvalue weighted by molar-refractivity contribution is 6.26. The summed E-state index contributed by atoms with van der Waals surface area (Å²) < 4.78 is 8.91. The van der Waals surface area contributed by atoms with Crippen molar-refractivity contribution < 1.29 is 4.42 Å². The summed E-state index contributed by atoms with van der Waals surface area (Å²) in [6.45, 7) is 0. The lowest BCUT2D eigenvalue weighted by Crippen LogP contribution is -2.07. The van der Waals surface area contributed by atoms with Gasteiger partial charge in [-0.2, -0.15) is 9.97 Å². The Morgan fingerprint density at radius 3 is 1.82 bits per heavy atom. The summed E-state index contributed by atoms with van der Waals surface area (Å²) in [7, 11) is 0. The molecule has 260 valence electrons. The molecule has 0 atom stereocenters. The van der Waals surface area contributed by atoms with E-state index in [4.69, 9.17) is 19.4 Å². The third-order valence-corrected chi connectivity index (χ3v) is 11.2. The van der Waals surface area contributed by atoms with Crippen molar-refractivity contribution in [2.45, 2.75) is 0 Å². The van der Waals surface area contributed by atoms with Crippen molar-refractivity contribution in [3.63, 3.8) is 0 Å². The highest BCUT2D eigenvalue weighted by atomic mass is 16.3. The molecule has 5 heteroatoms. The van der Waals surface area contributed by atoms with E-state index in [1.54, 1.807) is 0 Å². The number of aromatic nitrogens is 4. The molecule has 0 fully saturated rings. The number of para-hydroxylation sites is 1. The van der Waals surface area contributed by atoms with Gasteiger partial charge >= 0.3 is 0 Å². The van der Waals surface area contributed by atoms with Crippen LogP contribution in [-0.2, 0) is 0 Å². The molecule has 0 N–H and O–H groups in total. The predicted molar refractivity (Wildman–Crippen MR) is 230 cm³/mol. The number of hydrogen-bond acceptors (Lipinski definition) is 4. The fraction of sp³-hybridized carbons (Fsp3) is 0. The van der Waals surface area contributed by atoms with Crippen LogP contribution in [0.5, 0.6) is 0 Å². The Morgan fingerprint density at radius 2 is 1.00 bits per heavy atom. The minimum absolute atomic E-state index is 0.550. The first kappa shape index (κ1) is 30.8. The molecule has 56 heavy (non-hydrogen) atoms. The van der Waals surface area contributed by atoms with Crippen LogP contribution in [0, 0.1) is 0 Å². The fourth-order valence-electron chi connectivity index (χ4n) is 8.74. The van der Waals surface area contributed by atoms with E-state index in [2.05, 4.69) is 168 Å². The molecule has 0 radical (unpaired) electrons. The maximum absolute atomic E-state index is 6.65. The second-order valence-electron chi connectivity index (χ2n) is 14.3. The van der Waals surface area contributed by atoms with Gasteiger partial charge in [-0.15, -0.1) is 0 Å². The first-order chi connectivity index (χ1) is 27.8. The molecule has 0 saturated carbocycles. The van der Waals surface area contributed by atoms with Gasteiger partial charge in [0.05, 0.1) is 11.0 Å². The second-order valence-corrected chi connectivity index (χ2v) is 14.3. The van der Waals surface area contributed by atoms with E-state index in [1.165, 1.54) is 16.2 Å². The van der Waals surface area contributed by atoms with E-state index in [0.717, 1.165) is 82.2 Å². The largest absolute Gasteiger partial charge is 0.455 e. The van der Waals surface area contributed by atoms with Crippen molar-refractivity contribution >= 4 is 76.1 Å². The molecule has 0 aliphatic rings. The minimum atomic E-state index is 0.550. The lowest BCUT2D eigenvalue weighted by Gasteiger charge is -2.14. The molecule has 3 heterocycles. The molecule has 9 aromatic carbocycles. The Kier molecular flexibility index (Phi) is 6.56. The molecule has 12 aromatic rings. The van der Waals surface area contributed by atoms with Gasteiger partial charge in [-0.25, -0.2) is 4.98 Å². The van der Waals surface area contributed by atoms with Crippen molar-refractivity contribution in [2.75, 3.05) is 0 Å². The summed E-state index contributed by atoms with van der Waals surface area (Å²) in [5, 5.41) is 11.1. The zero-order valence-electron chi connectivity index (χ0n) is 30.0. The monoisotopic (exact) mass is 714 g/mol. The van der Waals surface area contributed by atoms with Gasteiger partial charge in [0, 0.05) is 43.4 Å². The van der Waals surface area contributed by atoms with E-state index < -0.39 is 0 Å². The normalized spacial score (nSPS) is 11.9. The number of nitrogens with zero attached hydrogens (tertiary/aromatic N) is 4. The Balaban J connectivity index is 1.26. The van der Waals surface area contributed by atoms with Crippen LogP contribution in [0.15, 0.2) is 186 Å². The Morgan fingerprint density at radius 1 is 0.393 bits per heavy atom. The van der Waals surface area contributed by atoms with Gasteiger partial charge in [0.1, 0.15) is 11.2 Å². The molecule has 0 saturated heterocycles. The molecular weight excluding hydrogens is 685 g/mol. The maximum atomic E-state index is 6.65. The highest BCUT2D eigenvalue weighted by Crippen LogP contribution is 2.43. The molecule has 0 spiro atoms. The van der Waals surface area contributed by atoms with Crippen molar-refractivity contribution in [1.82, 2.24) is 19.5 Å². The lowest BCUT2D eigenvalue weighted by molar-refractivity contribution is 0.672. The Labute approximate surface area is 320 Å². The molecule has 0 aliphatic carbocycles. The van der Waals surface area contributed by atoms with E-state index in [1.807, 2.05) is 18.2 Å². The van der Waals surface area contributed by atoms with Gasteiger partial charge in [0.15, 0.2) is 11.6 Å². The summed E-state index contributed by atoms with van der Waals surface area (Å²) in [5.74, 6) is 1.72. The molecule has 0 bridgehead atoms. The quantitative estimate of drug-likeness (QED) is 0.182. The number of hydrogen-bond donors (Lipinski definition) is 0. The van der Waals surface area contributed by atoms with E-state index >= 15 is 0 Å². The third kappa shape index (κ3) is 4.52. The van der Waals surface area contributed by atoms with Gasteiger partial charge in [0.2, 0.25) is 5.95 Å². The van der Waals surface area contributed by atoms with Crippen LogP contribution in [-0.4, -0.2) is 19.5 Å². The summed E-state index contributed by atoms with van der Waals surface area (Å²) in [6.07, 6.45) is 0. The van der Waals surface area contributed by atoms with Crippen molar-refractivity contribution in [3.8, 4) is 39.9 Å². The lowest BCUT2D eigenvalue weighted by atomic mass is 9.98. The van der Waals surface area contributed by atoms with Gasteiger partial charge in [-0.05, 0) is 50.9 Å². The molecule has 0 aliphatic heterocycles. The Hall–Kier alpha value is -7.63. The van der Waals surface area contributed by atoms with Crippen molar-refractivity contribution in [3.05, 3.63) is 182 Å². The van der Waals surface area contributed by atoms with Gasteiger partial charge in [-0.1, -0.05) is 164 Å². The molecule has 12 rings (SSSR count). The van der Waals surface area contributed by atoms with Gasteiger partial charge in [0.25, 0.3) is 0 Å². The van der Waals surface area contributed by atoms with Crippen LogP contribution in [0.25, 0.3) is 116 Å². The average molecular weight is 715 g/mol. The second kappa shape index (κ2) is 11.9. The molecule has 5 nitrogen and oxygen atoms in total. The van der Waals surface area contributed by atoms with E-state index in [-0.39, 0.29) is 0 Å². The standard InChI is InChI=1S/C51H30N4O/c1-2-14-31(15-3-1)35-19-10-11-23-39(35)49-52-50(42-30-34-18-6-9-22-38(34)48-46(42)40-24-12-13-25-44(40)56-48)54-51(53-49)55-43-29-27-32-16-4-7-20-36(32)45(43)41-28-26-33-17-5-8-21-37(33)47(41)55/h1-30H. The van der Waals surface area contributed by atoms with Gasteiger partial charge in [-0.3, -0.25) is 4.57 Å². The van der Waals surface area contributed by atoms with E-state index in [0.29, 0.717) is 17.6 Å². The van der Waals surface area contributed by atoms with Crippen molar-refractivity contribution in [2.24, 2.45) is 0 Å². The Bertz CT molecular complexity index is 3540. The first-order valence-corrected chi connectivity index (χ1v) is 18.9. The van der Waals surface area contributed by atoms with E-state index in [9.17, 15) is 0 Å². The smallest absolute Gasteiger partial charge is 0.238 e. The van der Waals surface area contributed by atoms with Crippen LogP contribution in [0.1, 0.15) is 0 Å². The SMILES string of the molecule is c1ccc(-c2ccccc2-c2nc(-c3cc4ccccc4c4oc5ccccc5c34)nc(-n3c4ccc5ccccc5c4c4ccc5ccccc5c43)n2)cc1. The van der Waals surface area contributed by atoms with Crippen LogP contribution in [0.3, 0.4) is 0 Å². The fourth-order valence-corrected chi connectivity index (χ4v) is 8.74. The average Bonchev–Trinajstić information content (AvgIpc) is 3.84. The molecular formula is C51H30N4O. The van der Waals surface area contributed by atoms with Crippen LogP contribution < -0.4 is 0 Å². The zero-order valence-corrected chi connectivity index (χ0v) is 30.0. The highest BCUT2D eigenvalue weighted by Gasteiger charge is 2.24. The van der Waals surface area contributed by atoms with Gasteiger partial charge < -0.3 is 4.42 Å². The number of fused-ring (bicyclic) bond motifs is 12. The van der Waals surface area contributed by atoms with Crippen molar-refractivity contribution in [1.29, 1.82) is 0 Å². The topological polar surface area (TPSA) is 56.7 Å². The third-order valence-electron chi connectivity index (χ3n) is 11.2. The summed E-state index contributed by atoms with van der Waals surface area (Å²) in [4.78, 5) is 16.4. The zero-order chi connectivity index (χ0) is 36.7. The summed E-state index contributed by atoms with van der Waals surface area (Å²) >= 11 is 0.